The van der Waals surface area contributed by atoms with Crippen LogP contribution in [0.2, 0.25) is 0 Å². The minimum atomic E-state index is -0.362. The van der Waals surface area contributed by atoms with Crippen molar-refractivity contribution < 1.29 is 9.53 Å². The van der Waals surface area contributed by atoms with Gasteiger partial charge in [-0.05, 0) is 18.6 Å². The van der Waals surface area contributed by atoms with E-state index in [9.17, 15) is 4.79 Å². The summed E-state index contributed by atoms with van der Waals surface area (Å²) < 4.78 is 6.01. The zero-order chi connectivity index (χ0) is 12.1. The molecule has 0 radical (unpaired) electrons. The molecule has 1 aromatic carbocycles. The van der Waals surface area contributed by atoms with Crippen LogP contribution in [0.25, 0.3) is 0 Å². The molecule has 16 heavy (non-hydrogen) atoms. The van der Waals surface area contributed by atoms with Gasteiger partial charge in [0.05, 0.1) is 7.11 Å². The lowest BCUT2D eigenvalue weighted by Crippen LogP contribution is -2.34. The maximum atomic E-state index is 11.1. The summed E-state index contributed by atoms with van der Waals surface area (Å²) in [5, 5.41) is 3.06. The highest BCUT2D eigenvalue weighted by Gasteiger charge is 2.12. The molecule has 0 saturated carbocycles. The number of hydrogen-bond donors (Lipinski definition) is 2. The standard InChI is InChI=1S/C11H15BrN2O2/c1-3-10(11(13)15)14-8-4-7(12)5-9(6-8)16-2/h4-6,10,14H,3H2,1-2H3,(H2,13,15). The summed E-state index contributed by atoms with van der Waals surface area (Å²) in [5.74, 6) is 0.359. The van der Waals surface area contributed by atoms with Crippen LogP contribution in [0.5, 0.6) is 5.75 Å². The largest absolute Gasteiger partial charge is 0.497 e. The summed E-state index contributed by atoms with van der Waals surface area (Å²) in [7, 11) is 1.59. The Bertz CT molecular complexity index is 382. The van der Waals surface area contributed by atoms with Gasteiger partial charge in [0.15, 0.2) is 0 Å². The molecule has 0 aliphatic heterocycles. The van der Waals surface area contributed by atoms with Crippen molar-refractivity contribution in [1.82, 2.24) is 0 Å². The van der Waals surface area contributed by atoms with Gasteiger partial charge in [0, 0.05) is 16.2 Å². The molecule has 1 rings (SSSR count). The molecule has 0 fully saturated rings. The average Bonchev–Trinajstić information content (AvgIpc) is 2.24. The molecule has 0 bridgehead atoms. The summed E-state index contributed by atoms with van der Waals surface area (Å²) >= 11 is 3.37. The Labute approximate surface area is 103 Å². The van der Waals surface area contributed by atoms with E-state index >= 15 is 0 Å². The normalized spacial score (nSPS) is 11.9. The molecule has 1 aromatic rings. The molecule has 0 saturated heterocycles. The molecule has 88 valence electrons. The molecule has 0 spiro atoms. The highest BCUT2D eigenvalue weighted by atomic mass is 79.9. The number of hydrogen-bond acceptors (Lipinski definition) is 3. The van der Waals surface area contributed by atoms with Gasteiger partial charge in [0.1, 0.15) is 11.8 Å². The monoisotopic (exact) mass is 286 g/mol. The van der Waals surface area contributed by atoms with E-state index in [1.165, 1.54) is 0 Å². The topological polar surface area (TPSA) is 64.3 Å². The van der Waals surface area contributed by atoms with Crippen molar-refractivity contribution in [2.75, 3.05) is 12.4 Å². The number of amides is 1. The van der Waals surface area contributed by atoms with Crippen molar-refractivity contribution in [2.45, 2.75) is 19.4 Å². The predicted octanol–water partition coefficient (Wildman–Crippen LogP) is 2.13. The van der Waals surface area contributed by atoms with Crippen LogP contribution in [0.4, 0.5) is 5.69 Å². The van der Waals surface area contributed by atoms with E-state index in [0.29, 0.717) is 6.42 Å². The van der Waals surface area contributed by atoms with Crippen LogP contribution in [0.15, 0.2) is 22.7 Å². The lowest BCUT2D eigenvalue weighted by atomic mass is 10.2. The number of carbonyl (C=O) groups is 1. The van der Waals surface area contributed by atoms with Gasteiger partial charge < -0.3 is 15.8 Å². The van der Waals surface area contributed by atoms with E-state index in [2.05, 4.69) is 21.2 Å². The third kappa shape index (κ3) is 3.41. The number of benzene rings is 1. The van der Waals surface area contributed by atoms with Gasteiger partial charge in [-0.25, -0.2) is 0 Å². The average molecular weight is 287 g/mol. The molecule has 0 aliphatic carbocycles. The molecule has 1 atom stereocenters. The van der Waals surface area contributed by atoms with Crippen LogP contribution in [-0.2, 0) is 4.79 Å². The highest BCUT2D eigenvalue weighted by molar-refractivity contribution is 9.10. The molecule has 0 aliphatic rings. The van der Waals surface area contributed by atoms with E-state index < -0.39 is 0 Å². The molecule has 0 heterocycles. The fraction of sp³-hybridized carbons (Fsp3) is 0.364. The number of primary amides is 1. The second-order valence-corrected chi connectivity index (χ2v) is 4.30. The molecule has 4 nitrogen and oxygen atoms in total. The Hall–Kier alpha value is -1.23. The second kappa shape index (κ2) is 5.75. The number of nitrogens with two attached hydrogens (primary N) is 1. The zero-order valence-corrected chi connectivity index (χ0v) is 10.9. The number of nitrogens with one attached hydrogen (secondary N) is 1. The third-order valence-electron chi connectivity index (χ3n) is 2.20. The van der Waals surface area contributed by atoms with Crippen LogP contribution < -0.4 is 15.8 Å². The Morgan fingerprint density at radius 2 is 2.25 bits per heavy atom. The van der Waals surface area contributed by atoms with Crippen LogP contribution >= 0.6 is 15.9 Å². The Morgan fingerprint density at radius 3 is 2.75 bits per heavy atom. The lowest BCUT2D eigenvalue weighted by Gasteiger charge is -2.15. The van der Waals surface area contributed by atoms with Crippen molar-refractivity contribution in [3.63, 3.8) is 0 Å². The summed E-state index contributed by atoms with van der Waals surface area (Å²) in [4.78, 5) is 11.1. The van der Waals surface area contributed by atoms with Gasteiger partial charge >= 0.3 is 0 Å². The van der Waals surface area contributed by atoms with Crippen molar-refractivity contribution in [2.24, 2.45) is 5.73 Å². The predicted molar refractivity (Wildman–Crippen MR) is 67.6 cm³/mol. The number of halogens is 1. The van der Waals surface area contributed by atoms with Crippen LogP contribution in [-0.4, -0.2) is 19.1 Å². The molecular formula is C11H15BrN2O2. The lowest BCUT2D eigenvalue weighted by molar-refractivity contribution is -0.118. The first-order valence-electron chi connectivity index (χ1n) is 4.97. The minimum absolute atomic E-state index is 0.360. The maximum absolute atomic E-state index is 11.1. The summed E-state index contributed by atoms with van der Waals surface area (Å²) in [5.41, 5.74) is 6.06. The van der Waals surface area contributed by atoms with Gasteiger partial charge in [-0.1, -0.05) is 22.9 Å². The zero-order valence-electron chi connectivity index (χ0n) is 9.29. The van der Waals surface area contributed by atoms with Gasteiger partial charge in [-0.15, -0.1) is 0 Å². The van der Waals surface area contributed by atoms with Gasteiger partial charge in [-0.3, -0.25) is 4.79 Å². The fourth-order valence-electron chi connectivity index (χ4n) is 1.34. The summed E-state index contributed by atoms with van der Waals surface area (Å²) in [6, 6.07) is 5.17. The summed E-state index contributed by atoms with van der Waals surface area (Å²) in [6.07, 6.45) is 0.643. The van der Waals surface area contributed by atoms with Gasteiger partial charge in [0.2, 0.25) is 5.91 Å². The first kappa shape index (κ1) is 12.8. The maximum Gasteiger partial charge on any atom is 0.239 e. The van der Waals surface area contributed by atoms with E-state index in [0.717, 1.165) is 15.9 Å². The van der Waals surface area contributed by atoms with Crippen molar-refractivity contribution in [1.29, 1.82) is 0 Å². The molecular weight excluding hydrogens is 272 g/mol. The number of ether oxygens (including phenoxy) is 1. The SMILES string of the molecule is CCC(Nc1cc(Br)cc(OC)c1)C(N)=O. The van der Waals surface area contributed by atoms with Gasteiger partial charge in [0.25, 0.3) is 0 Å². The third-order valence-corrected chi connectivity index (χ3v) is 2.66. The second-order valence-electron chi connectivity index (χ2n) is 3.39. The van der Waals surface area contributed by atoms with Gasteiger partial charge in [-0.2, -0.15) is 0 Å². The highest BCUT2D eigenvalue weighted by Crippen LogP contribution is 2.25. The minimum Gasteiger partial charge on any atom is -0.497 e. The quantitative estimate of drug-likeness (QED) is 0.872. The van der Waals surface area contributed by atoms with E-state index in [1.54, 1.807) is 7.11 Å². The van der Waals surface area contributed by atoms with Crippen LogP contribution in [0, 0.1) is 0 Å². The van der Waals surface area contributed by atoms with Crippen molar-refractivity contribution in [3.05, 3.63) is 22.7 Å². The summed E-state index contributed by atoms with van der Waals surface area (Å²) in [6.45, 7) is 1.90. The number of methoxy groups -OCH3 is 1. The van der Waals surface area contributed by atoms with Crippen LogP contribution in [0.1, 0.15) is 13.3 Å². The Kier molecular flexibility index (Phi) is 4.61. The first-order chi connectivity index (χ1) is 7.56. The molecule has 1 amide bonds. The van der Waals surface area contributed by atoms with E-state index in [1.807, 2.05) is 25.1 Å². The van der Waals surface area contributed by atoms with Crippen molar-refractivity contribution in [3.8, 4) is 5.75 Å². The number of anilines is 1. The van der Waals surface area contributed by atoms with Crippen molar-refractivity contribution >= 4 is 27.5 Å². The van der Waals surface area contributed by atoms with Crippen LogP contribution in [0.3, 0.4) is 0 Å². The smallest absolute Gasteiger partial charge is 0.239 e. The Morgan fingerprint density at radius 1 is 1.56 bits per heavy atom. The fourth-order valence-corrected chi connectivity index (χ4v) is 1.81. The first-order valence-corrected chi connectivity index (χ1v) is 5.76. The molecule has 1 unspecified atom stereocenters. The number of carbonyl (C=O) groups excluding carboxylic acids is 1. The molecule has 0 aromatic heterocycles. The molecule has 5 heteroatoms. The van der Waals surface area contributed by atoms with E-state index in [-0.39, 0.29) is 11.9 Å². The van der Waals surface area contributed by atoms with E-state index in [4.69, 9.17) is 10.5 Å². The Balaban J connectivity index is 2.87. The number of rotatable bonds is 5. The molecule has 3 N–H and O–H groups in total.